The summed E-state index contributed by atoms with van der Waals surface area (Å²) in [5, 5.41) is 1.60. The molecule has 0 unspecified atom stereocenters. The Hall–Kier alpha value is -1.93. The smallest absolute Gasteiger partial charge is 0.350 e. The maximum atomic E-state index is 12.1. The summed E-state index contributed by atoms with van der Waals surface area (Å²) < 4.78 is 31.0. The Labute approximate surface area is 114 Å². The molecule has 0 amide bonds. The van der Waals surface area contributed by atoms with Gasteiger partial charge in [0.2, 0.25) is 0 Å². The number of hydrogen-bond donors (Lipinski definition) is 1. The SMILES string of the molecule is COC(=O)c1sccc1NS(=O)(=O)c1cccnc1. The van der Waals surface area contributed by atoms with E-state index in [4.69, 9.17) is 0 Å². The average molecular weight is 298 g/mol. The Morgan fingerprint density at radius 2 is 2.21 bits per heavy atom. The highest BCUT2D eigenvalue weighted by Gasteiger charge is 2.20. The number of sulfonamides is 1. The molecule has 2 aromatic rings. The van der Waals surface area contributed by atoms with Crippen molar-refractivity contribution in [3.8, 4) is 0 Å². The van der Waals surface area contributed by atoms with E-state index in [9.17, 15) is 13.2 Å². The molecule has 100 valence electrons. The molecule has 0 fully saturated rings. The first-order valence-electron chi connectivity index (χ1n) is 5.13. The molecule has 0 spiro atoms. The van der Waals surface area contributed by atoms with Crippen LogP contribution in [0.4, 0.5) is 5.69 Å². The maximum Gasteiger partial charge on any atom is 0.350 e. The van der Waals surface area contributed by atoms with Crippen LogP contribution in [0.1, 0.15) is 9.67 Å². The average Bonchev–Trinajstić information content (AvgIpc) is 2.86. The summed E-state index contributed by atoms with van der Waals surface area (Å²) in [5.41, 5.74) is 0.195. The summed E-state index contributed by atoms with van der Waals surface area (Å²) in [6.45, 7) is 0. The van der Waals surface area contributed by atoms with Crippen LogP contribution >= 0.6 is 11.3 Å². The van der Waals surface area contributed by atoms with Gasteiger partial charge in [-0.2, -0.15) is 0 Å². The number of thiophene rings is 1. The highest BCUT2D eigenvalue weighted by Crippen LogP contribution is 2.25. The number of esters is 1. The number of aromatic nitrogens is 1. The molecule has 1 N–H and O–H groups in total. The van der Waals surface area contributed by atoms with Gasteiger partial charge in [0.05, 0.1) is 12.8 Å². The second-order valence-corrected chi connectivity index (χ2v) is 6.05. The summed E-state index contributed by atoms with van der Waals surface area (Å²) in [6.07, 6.45) is 2.70. The Morgan fingerprint density at radius 1 is 1.42 bits per heavy atom. The standard InChI is InChI=1S/C11H10N2O4S2/c1-17-11(14)10-9(4-6-18-10)13-19(15,16)8-3-2-5-12-7-8/h2-7,13H,1H3. The lowest BCUT2D eigenvalue weighted by Gasteiger charge is -2.07. The van der Waals surface area contributed by atoms with Crippen molar-refractivity contribution in [2.75, 3.05) is 11.8 Å². The van der Waals surface area contributed by atoms with Gasteiger partial charge in [0.1, 0.15) is 9.77 Å². The molecule has 0 saturated heterocycles. The van der Waals surface area contributed by atoms with Gasteiger partial charge in [-0.1, -0.05) is 0 Å². The predicted octanol–water partition coefficient (Wildman–Crippen LogP) is 1.73. The van der Waals surface area contributed by atoms with Gasteiger partial charge in [-0.15, -0.1) is 11.3 Å². The van der Waals surface area contributed by atoms with Gasteiger partial charge in [-0.05, 0) is 23.6 Å². The minimum absolute atomic E-state index is 0.0250. The predicted molar refractivity (Wildman–Crippen MR) is 70.7 cm³/mol. The normalized spacial score (nSPS) is 11.0. The number of carbonyl (C=O) groups excluding carboxylic acids is 1. The lowest BCUT2D eigenvalue weighted by molar-refractivity contribution is 0.0607. The number of nitrogens with one attached hydrogen (secondary N) is 1. The van der Waals surface area contributed by atoms with Crippen LogP contribution in [-0.2, 0) is 14.8 Å². The molecular weight excluding hydrogens is 288 g/mol. The molecule has 0 radical (unpaired) electrons. The molecule has 2 heterocycles. The number of carbonyl (C=O) groups is 1. The van der Waals surface area contributed by atoms with E-state index in [1.807, 2.05) is 0 Å². The van der Waals surface area contributed by atoms with E-state index < -0.39 is 16.0 Å². The fraction of sp³-hybridized carbons (Fsp3) is 0.0909. The third-order valence-electron chi connectivity index (χ3n) is 2.23. The fourth-order valence-electron chi connectivity index (χ4n) is 1.35. The molecule has 0 bridgehead atoms. The van der Waals surface area contributed by atoms with E-state index in [0.717, 1.165) is 11.3 Å². The van der Waals surface area contributed by atoms with Crippen molar-refractivity contribution in [3.05, 3.63) is 40.8 Å². The third-order valence-corrected chi connectivity index (χ3v) is 4.47. The quantitative estimate of drug-likeness (QED) is 0.869. The molecular formula is C11H10N2O4S2. The molecule has 2 aromatic heterocycles. The zero-order chi connectivity index (χ0) is 13.9. The van der Waals surface area contributed by atoms with Gasteiger partial charge in [-0.3, -0.25) is 9.71 Å². The van der Waals surface area contributed by atoms with Crippen LogP contribution in [0.2, 0.25) is 0 Å². The molecule has 0 aromatic carbocycles. The fourth-order valence-corrected chi connectivity index (χ4v) is 3.22. The summed E-state index contributed by atoms with van der Waals surface area (Å²) in [4.78, 5) is 15.4. The van der Waals surface area contributed by atoms with Gasteiger partial charge >= 0.3 is 5.97 Å². The molecule has 0 aliphatic rings. The highest BCUT2D eigenvalue weighted by molar-refractivity contribution is 7.92. The molecule has 0 aliphatic heterocycles. The number of ether oxygens (including phenoxy) is 1. The third kappa shape index (κ3) is 2.91. The number of nitrogens with zero attached hydrogens (tertiary/aromatic N) is 1. The number of anilines is 1. The summed E-state index contributed by atoms with van der Waals surface area (Å²) >= 11 is 1.10. The van der Waals surface area contributed by atoms with Crippen molar-refractivity contribution in [2.24, 2.45) is 0 Å². The minimum atomic E-state index is -3.76. The van der Waals surface area contributed by atoms with Crippen molar-refractivity contribution < 1.29 is 17.9 Å². The van der Waals surface area contributed by atoms with Gasteiger partial charge in [0.25, 0.3) is 10.0 Å². The van der Waals surface area contributed by atoms with Crippen LogP contribution in [0.3, 0.4) is 0 Å². The van der Waals surface area contributed by atoms with Gasteiger partial charge < -0.3 is 4.74 Å². The summed E-state index contributed by atoms with van der Waals surface area (Å²) in [7, 11) is -2.52. The van der Waals surface area contributed by atoms with Crippen LogP contribution < -0.4 is 4.72 Å². The van der Waals surface area contributed by atoms with Crippen LogP contribution in [0, 0.1) is 0 Å². The Bertz CT molecular complexity index is 680. The van der Waals surface area contributed by atoms with Gasteiger partial charge in [0, 0.05) is 12.4 Å². The second-order valence-electron chi connectivity index (χ2n) is 3.45. The molecule has 19 heavy (non-hydrogen) atoms. The lowest BCUT2D eigenvalue weighted by atomic mass is 10.4. The lowest BCUT2D eigenvalue weighted by Crippen LogP contribution is -2.14. The number of hydrogen-bond acceptors (Lipinski definition) is 6. The topological polar surface area (TPSA) is 85.4 Å². The first-order chi connectivity index (χ1) is 9.04. The number of pyridine rings is 1. The zero-order valence-corrected chi connectivity index (χ0v) is 11.5. The largest absolute Gasteiger partial charge is 0.465 e. The first kappa shape index (κ1) is 13.5. The van der Waals surface area contributed by atoms with E-state index in [1.54, 1.807) is 5.38 Å². The van der Waals surface area contributed by atoms with Crippen LogP contribution in [0.25, 0.3) is 0 Å². The van der Waals surface area contributed by atoms with E-state index in [0.29, 0.717) is 0 Å². The van der Waals surface area contributed by atoms with Crippen molar-refractivity contribution in [1.29, 1.82) is 0 Å². The number of methoxy groups -OCH3 is 1. The van der Waals surface area contributed by atoms with Crippen molar-refractivity contribution in [2.45, 2.75) is 4.90 Å². The van der Waals surface area contributed by atoms with Gasteiger partial charge in [0.15, 0.2) is 0 Å². The molecule has 8 heteroatoms. The molecule has 6 nitrogen and oxygen atoms in total. The molecule has 0 atom stereocenters. The van der Waals surface area contributed by atoms with E-state index in [-0.39, 0.29) is 15.5 Å². The summed E-state index contributed by atoms with van der Waals surface area (Å²) in [6, 6.07) is 4.44. The Kier molecular flexibility index (Phi) is 3.82. The summed E-state index contributed by atoms with van der Waals surface area (Å²) in [5.74, 6) is -0.584. The van der Waals surface area contributed by atoms with E-state index in [1.165, 1.54) is 37.7 Å². The maximum absolute atomic E-state index is 12.1. The van der Waals surface area contributed by atoms with Crippen LogP contribution in [-0.4, -0.2) is 26.5 Å². The molecule has 0 saturated carbocycles. The van der Waals surface area contributed by atoms with Crippen LogP contribution in [0.5, 0.6) is 0 Å². The van der Waals surface area contributed by atoms with Crippen molar-refractivity contribution in [3.63, 3.8) is 0 Å². The van der Waals surface area contributed by atoms with Crippen molar-refractivity contribution >= 4 is 33.0 Å². The molecule has 0 aliphatic carbocycles. The minimum Gasteiger partial charge on any atom is -0.465 e. The van der Waals surface area contributed by atoms with E-state index >= 15 is 0 Å². The molecule has 2 rings (SSSR count). The second kappa shape index (κ2) is 5.37. The van der Waals surface area contributed by atoms with Crippen molar-refractivity contribution in [1.82, 2.24) is 4.98 Å². The zero-order valence-electron chi connectivity index (χ0n) is 9.86. The first-order valence-corrected chi connectivity index (χ1v) is 7.49. The van der Waals surface area contributed by atoms with Gasteiger partial charge in [-0.25, -0.2) is 13.2 Å². The van der Waals surface area contributed by atoms with Crippen LogP contribution in [0.15, 0.2) is 40.9 Å². The Morgan fingerprint density at radius 3 is 2.84 bits per heavy atom. The van der Waals surface area contributed by atoms with E-state index in [2.05, 4.69) is 14.4 Å². The highest BCUT2D eigenvalue weighted by atomic mass is 32.2. The monoisotopic (exact) mass is 298 g/mol. The Balaban J connectivity index is 2.32. The number of rotatable bonds is 4.